The molecular weight excluding hydrogens is 252 g/mol. The van der Waals surface area contributed by atoms with Crippen molar-refractivity contribution in [1.29, 1.82) is 0 Å². The van der Waals surface area contributed by atoms with Gasteiger partial charge in [-0.2, -0.15) is 0 Å². The van der Waals surface area contributed by atoms with Crippen molar-refractivity contribution < 1.29 is 0 Å². The molecule has 0 aliphatic carbocycles. The summed E-state index contributed by atoms with van der Waals surface area (Å²) in [5.41, 5.74) is 0.871. The van der Waals surface area contributed by atoms with E-state index in [-0.39, 0.29) is 0 Å². The molecule has 0 aliphatic rings. The molecule has 19 heavy (non-hydrogen) atoms. The zero-order chi connectivity index (χ0) is 12.9. The molecule has 0 N–H and O–H groups in total. The average Bonchev–Trinajstić information content (AvgIpc) is 2.48. The molecule has 0 aliphatic heterocycles. The third-order valence-electron chi connectivity index (χ3n) is 2.78. The Bertz CT molecular complexity index is 708. The van der Waals surface area contributed by atoms with Crippen molar-refractivity contribution in [2.45, 2.75) is 4.90 Å². The Morgan fingerprint density at radius 3 is 2.26 bits per heavy atom. The maximum absolute atomic E-state index is 4.17. The number of nitrogens with zero attached hydrogens (tertiary/aromatic N) is 2. The normalized spacial score (nSPS) is 11.2. The molecule has 3 aromatic carbocycles. The lowest BCUT2D eigenvalue weighted by atomic mass is 10.1. The summed E-state index contributed by atoms with van der Waals surface area (Å²) in [6.45, 7) is 0. The standard InChI is InChI=1S/C16H12N2S/c1-2-8-15(9-3-1)17-18-19-16-11-10-13-6-4-5-7-14(13)12-16/h1-12H. The molecule has 3 aromatic rings. The van der Waals surface area contributed by atoms with Gasteiger partial charge in [0.25, 0.3) is 0 Å². The van der Waals surface area contributed by atoms with Gasteiger partial charge in [0, 0.05) is 16.8 Å². The third kappa shape index (κ3) is 3.01. The van der Waals surface area contributed by atoms with Crippen LogP contribution in [0, 0.1) is 0 Å². The average molecular weight is 264 g/mol. The third-order valence-corrected chi connectivity index (χ3v) is 3.41. The highest BCUT2D eigenvalue weighted by molar-refractivity contribution is 7.97. The zero-order valence-corrected chi connectivity index (χ0v) is 11.0. The molecule has 0 bridgehead atoms. The largest absolute Gasteiger partial charge is 0.143 e. The fourth-order valence-electron chi connectivity index (χ4n) is 1.83. The quantitative estimate of drug-likeness (QED) is 0.444. The van der Waals surface area contributed by atoms with Crippen LogP contribution in [0.4, 0.5) is 5.69 Å². The van der Waals surface area contributed by atoms with Crippen molar-refractivity contribution in [3.05, 3.63) is 72.8 Å². The first-order valence-electron chi connectivity index (χ1n) is 6.04. The van der Waals surface area contributed by atoms with Crippen LogP contribution < -0.4 is 0 Å². The van der Waals surface area contributed by atoms with Gasteiger partial charge in [0.05, 0.1) is 5.69 Å². The van der Waals surface area contributed by atoms with Crippen LogP contribution in [-0.4, -0.2) is 0 Å². The van der Waals surface area contributed by atoms with Crippen LogP contribution in [-0.2, 0) is 0 Å². The summed E-state index contributed by atoms with van der Waals surface area (Å²) in [4.78, 5) is 1.10. The predicted octanol–water partition coefficient (Wildman–Crippen LogP) is 5.63. The SMILES string of the molecule is c1ccc(N=NSc2ccc3ccccc3c2)cc1. The molecule has 92 valence electrons. The van der Waals surface area contributed by atoms with E-state index in [4.69, 9.17) is 0 Å². The predicted molar refractivity (Wildman–Crippen MR) is 80.8 cm³/mol. The van der Waals surface area contributed by atoms with Crippen LogP contribution in [0.25, 0.3) is 10.8 Å². The maximum atomic E-state index is 4.17. The summed E-state index contributed by atoms with van der Waals surface area (Å²) in [6, 6.07) is 24.3. The fraction of sp³-hybridized carbons (Fsp3) is 0. The van der Waals surface area contributed by atoms with Gasteiger partial charge in [-0.1, -0.05) is 48.5 Å². The monoisotopic (exact) mass is 264 g/mol. The lowest BCUT2D eigenvalue weighted by molar-refractivity contribution is 1.33. The Hall–Kier alpha value is -2.13. The summed E-state index contributed by atoms with van der Waals surface area (Å²) in [7, 11) is 0. The molecule has 0 aromatic heterocycles. The number of benzene rings is 3. The molecule has 0 unspecified atom stereocenters. The Morgan fingerprint density at radius 1 is 0.684 bits per heavy atom. The van der Waals surface area contributed by atoms with Gasteiger partial charge in [-0.25, -0.2) is 0 Å². The Morgan fingerprint density at radius 2 is 1.42 bits per heavy atom. The second-order valence-electron chi connectivity index (χ2n) is 4.12. The molecule has 0 spiro atoms. The zero-order valence-electron chi connectivity index (χ0n) is 10.2. The molecule has 3 rings (SSSR count). The van der Waals surface area contributed by atoms with E-state index in [1.54, 1.807) is 0 Å². The van der Waals surface area contributed by atoms with Crippen molar-refractivity contribution >= 4 is 28.4 Å². The fourth-order valence-corrected chi connectivity index (χ4v) is 2.37. The Balaban J connectivity index is 1.77. The highest BCUT2D eigenvalue weighted by Gasteiger charge is 1.96. The number of hydrogen-bond donors (Lipinski definition) is 0. The van der Waals surface area contributed by atoms with E-state index >= 15 is 0 Å². The van der Waals surface area contributed by atoms with Crippen LogP contribution in [0.5, 0.6) is 0 Å². The number of fused-ring (bicyclic) bond motifs is 1. The van der Waals surface area contributed by atoms with Gasteiger partial charge >= 0.3 is 0 Å². The van der Waals surface area contributed by atoms with Crippen molar-refractivity contribution in [3.63, 3.8) is 0 Å². The van der Waals surface area contributed by atoms with Gasteiger partial charge < -0.3 is 0 Å². The van der Waals surface area contributed by atoms with E-state index in [0.29, 0.717) is 0 Å². The summed E-state index contributed by atoms with van der Waals surface area (Å²) in [5, 5.41) is 6.64. The van der Waals surface area contributed by atoms with Crippen molar-refractivity contribution in [2.24, 2.45) is 9.63 Å². The Labute approximate surface area is 116 Å². The molecule has 0 saturated heterocycles. The first-order chi connectivity index (χ1) is 9.42. The van der Waals surface area contributed by atoms with Crippen LogP contribution in [0.1, 0.15) is 0 Å². The summed E-state index contributed by atoms with van der Waals surface area (Å²) in [5.74, 6) is 0. The van der Waals surface area contributed by atoms with Gasteiger partial charge in [-0.15, -0.1) is 9.63 Å². The smallest absolute Gasteiger partial charge is 0.0863 e. The first kappa shape index (κ1) is 11.9. The van der Waals surface area contributed by atoms with Crippen LogP contribution in [0.3, 0.4) is 0 Å². The van der Waals surface area contributed by atoms with Crippen molar-refractivity contribution in [1.82, 2.24) is 0 Å². The molecule has 0 radical (unpaired) electrons. The van der Waals surface area contributed by atoms with E-state index < -0.39 is 0 Å². The lowest BCUT2D eigenvalue weighted by Crippen LogP contribution is -1.72. The molecular formula is C16H12N2S. The molecule has 2 nitrogen and oxygen atoms in total. The van der Waals surface area contributed by atoms with Gasteiger partial charge in [0.2, 0.25) is 0 Å². The molecule has 3 heteroatoms. The van der Waals surface area contributed by atoms with Gasteiger partial charge in [0.15, 0.2) is 0 Å². The van der Waals surface area contributed by atoms with Crippen molar-refractivity contribution in [2.75, 3.05) is 0 Å². The van der Waals surface area contributed by atoms with Crippen LogP contribution >= 0.6 is 11.9 Å². The van der Waals surface area contributed by atoms with Gasteiger partial charge in [-0.05, 0) is 35.0 Å². The molecule has 0 saturated carbocycles. The number of rotatable bonds is 3. The summed E-state index contributed by atoms with van der Waals surface area (Å²) >= 11 is 1.39. The minimum Gasteiger partial charge on any atom is -0.143 e. The van der Waals surface area contributed by atoms with E-state index in [1.807, 2.05) is 42.5 Å². The second kappa shape index (κ2) is 5.67. The highest BCUT2D eigenvalue weighted by atomic mass is 32.2. The second-order valence-corrected chi connectivity index (χ2v) is 4.93. The molecule has 0 amide bonds. The summed E-state index contributed by atoms with van der Waals surface area (Å²) < 4.78 is 4.16. The van der Waals surface area contributed by atoms with Crippen molar-refractivity contribution in [3.8, 4) is 0 Å². The lowest BCUT2D eigenvalue weighted by Gasteiger charge is -1.99. The molecule has 0 fully saturated rings. The van der Waals surface area contributed by atoms with E-state index in [2.05, 4.69) is 40.0 Å². The topological polar surface area (TPSA) is 24.7 Å². The molecule has 0 atom stereocenters. The Kier molecular flexibility index (Phi) is 3.56. The van der Waals surface area contributed by atoms with E-state index in [0.717, 1.165) is 10.6 Å². The van der Waals surface area contributed by atoms with Gasteiger partial charge in [0.1, 0.15) is 0 Å². The number of hydrogen-bond acceptors (Lipinski definition) is 3. The van der Waals surface area contributed by atoms with Crippen LogP contribution in [0.15, 0.2) is 87.3 Å². The molecule has 0 heterocycles. The first-order valence-corrected chi connectivity index (χ1v) is 6.81. The minimum absolute atomic E-state index is 0.871. The highest BCUT2D eigenvalue weighted by Crippen LogP contribution is 2.25. The van der Waals surface area contributed by atoms with E-state index in [1.165, 1.54) is 22.7 Å². The van der Waals surface area contributed by atoms with E-state index in [9.17, 15) is 0 Å². The van der Waals surface area contributed by atoms with Crippen LogP contribution in [0.2, 0.25) is 0 Å². The van der Waals surface area contributed by atoms with Gasteiger partial charge in [-0.3, -0.25) is 0 Å². The summed E-state index contributed by atoms with van der Waals surface area (Å²) in [6.07, 6.45) is 0. The maximum Gasteiger partial charge on any atom is 0.0863 e. The minimum atomic E-state index is 0.871.